The lowest BCUT2D eigenvalue weighted by Crippen LogP contribution is -2.54. The van der Waals surface area contributed by atoms with E-state index in [1.54, 1.807) is 8.61 Å². The highest BCUT2D eigenvalue weighted by atomic mass is 32.2. The van der Waals surface area contributed by atoms with Crippen LogP contribution >= 0.6 is 0 Å². The maximum Gasteiger partial charge on any atom is 0.282 e. The van der Waals surface area contributed by atoms with Gasteiger partial charge in [0.25, 0.3) is 10.2 Å². The van der Waals surface area contributed by atoms with Crippen molar-refractivity contribution in [1.82, 2.24) is 8.61 Å². The summed E-state index contributed by atoms with van der Waals surface area (Å²) < 4.78 is 33.9. The van der Waals surface area contributed by atoms with Crippen molar-refractivity contribution in [1.29, 1.82) is 0 Å². The molecular formula is C11H23N3O3S. The molecule has 2 aliphatic rings. The predicted molar refractivity (Wildman–Crippen MR) is 69.3 cm³/mol. The Morgan fingerprint density at radius 2 is 1.89 bits per heavy atom. The minimum Gasteiger partial charge on any atom is -0.373 e. The number of hydrogen-bond donors (Lipinski definition) is 1. The lowest BCUT2D eigenvalue weighted by molar-refractivity contribution is -0.0455. The first kappa shape index (κ1) is 14.2. The quantitative estimate of drug-likeness (QED) is 0.773. The third kappa shape index (κ3) is 2.70. The number of morpholine rings is 1. The molecule has 2 aliphatic heterocycles. The molecule has 3 unspecified atom stereocenters. The van der Waals surface area contributed by atoms with Crippen molar-refractivity contribution >= 4 is 10.2 Å². The number of nitrogens with zero attached hydrogens (tertiary/aromatic N) is 2. The Hall–Kier alpha value is -0.210. The van der Waals surface area contributed by atoms with E-state index in [0.29, 0.717) is 26.2 Å². The van der Waals surface area contributed by atoms with Gasteiger partial charge in [-0.15, -0.1) is 0 Å². The number of hydrogen-bond acceptors (Lipinski definition) is 4. The molecule has 0 radical (unpaired) electrons. The number of rotatable bonds is 3. The summed E-state index contributed by atoms with van der Waals surface area (Å²) in [6, 6.07) is -0.0385. The van der Waals surface area contributed by atoms with Gasteiger partial charge >= 0.3 is 0 Å². The Bertz CT molecular complexity index is 377. The molecule has 2 N–H and O–H groups in total. The van der Waals surface area contributed by atoms with Crippen LogP contribution in [0.25, 0.3) is 0 Å². The van der Waals surface area contributed by atoms with Crippen LogP contribution in [0.5, 0.6) is 0 Å². The van der Waals surface area contributed by atoms with Gasteiger partial charge in [-0.3, -0.25) is 0 Å². The fourth-order valence-corrected chi connectivity index (χ4v) is 4.84. The summed E-state index contributed by atoms with van der Waals surface area (Å²) in [7, 11) is -3.38. The third-order valence-electron chi connectivity index (χ3n) is 3.60. The van der Waals surface area contributed by atoms with Gasteiger partial charge in [0.2, 0.25) is 0 Å². The van der Waals surface area contributed by atoms with Gasteiger partial charge in [0.1, 0.15) is 0 Å². The summed E-state index contributed by atoms with van der Waals surface area (Å²) in [5.74, 6) is 0. The molecule has 0 bridgehead atoms. The molecule has 0 amide bonds. The fraction of sp³-hybridized carbons (Fsp3) is 1.00. The van der Waals surface area contributed by atoms with Crippen LogP contribution in [0.15, 0.2) is 0 Å². The molecule has 0 saturated carbocycles. The van der Waals surface area contributed by atoms with Crippen LogP contribution in [-0.2, 0) is 14.9 Å². The lowest BCUT2D eigenvalue weighted by Gasteiger charge is -2.37. The number of ether oxygens (including phenoxy) is 1. The van der Waals surface area contributed by atoms with Crippen molar-refractivity contribution in [2.24, 2.45) is 5.73 Å². The Morgan fingerprint density at radius 1 is 1.28 bits per heavy atom. The minimum atomic E-state index is -3.38. The molecule has 2 fully saturated rings. The van der Waals surface area contributed by atoms with Gasteiger partial charge in [-0.05, 0) is 26.7 Å². The zero-order valence-corrected chi connectivity index (χ0v) is 11.9. The van der Waals surface area contributed by atoms with Gasteiger partial charge in [0.15, 0.2) is 0 Å². The standard InChI is InChI=1S/C11H23N3O3S/c1-9-7-13(8-10(2)17-9)18(15,16)14-5-3-4-11(14)6-12/h9-11H,3-8,12H2,1-2H3. The molecule has 0 spiro atoms. The van der Waals surface area contributed by atoms with E-state index in [9.17, 15) is 8.42 Å². The number of nitrogens with two attached hydrogens (primary N) is 1. The Kier molecular flexibility index (Phi) is 4.28. The normalized spacial score (nSPS) is 36.1. The fourth-order valence-electron chi connectivity index (χ4n) is 2.82. The Balaban J connectivity index is 2.15. The third-order valence-corrected chi connectivity index (χ3v) is 5.63. The predicted octanol–water partition coefficient (Wildman–Crippen LogP) is -0.236. The molecule has 2 heterocycles. The second-order valence-corrected chi connectivity index (χ2v) is 7.11. The molecule has 106 valence electrons. The largest absolute Gasteiger partial charge is 0.373 e. The summed E-state index contributed by atoms with van der Waals surface area (Å²) in [6.07, 6.45) is 1.66. The van der Waals surface area contributed by atoms with Crippen molar-refractivity contribution in [3.05, 3.63) is 0 Å². The minimum absolute atomic E-state index is 0.0385. The van der Waals surface area contributed by atoms with Crippen molar-refractivity contribution in [2.75, 3.05) is 26.2 Å². The van der Waals surface area contributed by atoms with Gasteiger partial charge in [-0.25, -0.2) is 0 Å². The zero-order valence-electron chi connectivity index (χ0n) is 11.1. The van der Waals surface area contributed by atoms with Gasteiger partial charge in [-0.1, -0.05) is 0 Å². The molecule has 0 aromatic carbocycles. The van der Waals surface area contributed by atoms with Crippen LogP contribution in [0.4, 0.5) is 0 Å². The summed E-state index contributed by atoms with van der Waals surface area (Å²) in [6.45, 7) is 5.66. The van der Waals surface area contributed by atoms with E-state index in [0.717, 1.165) is 12.8 Å². The van der Waals surface area contributed by atoms with Crippen LogP contribution in [0.2, 0.25) is 0 Å². The van der Waals surface area contributed by atoms with Crippen LogP contribution in [0.3, 0.4) is 0 Å². The van der Waals surface area contributed by atoms with Crippen molar-refractivity contribution < 1.29 is 13.2 Å². The monoisotopic (exact) mass is 277 g/mol. The Morgan fingerprint density at radius 3 is 2.44 bits per heavy atom. The van der Waals surface area contributed by atoms with E-state index in [1.165, 1.54) is 0 Å². The average Bonchev–Trinajstić information content (AvgIpc) is 2.76. The maximum absolute atomic E-state index is 12.6. The van der Waals surface area contributed by atoms with E-state index < -0.39 is 10.2 Å². The van der Waals surface area contributed by atoms with Crippen LogP contribution in [-0.4, -0.2) is 61.5 Å². The molecule has 6 nitrogen and oxygen atoms in total. The van der Waals surface area contributed by atoms with Crippen LogP contribution in [0.1, 0.15) is 26.7 Å². The molecule has 7 heteroatoms. The molecular weight excluding hydrogens is 254 g/mol. The van der Waals surface area contributed by atoms with Crippen molar-refractivity contribution in [3.8, 4) is 0 Å². The SMILES string of the molecule is CC1CN(S(=O)(=O)N2CCCC2CN)CC(C)O1. The first-order chi connectivity index (χ1) is 8.45. The summed E-state index contributed by atoms with van der Waals surface area (Å²) in [4.78, 5) is 0. The summed E-state index contributed by atoms with van der Waals surface area (Å²) in [5, 5.41) is 0. The van der Waals surface area contributed by atoms with Crippen molar-refractivity contribution in [2.45, 2.75) is 44.9 Å². The lowest BCUT2D eigenvalue weighted by atomic mass is 10.2. The van der Waals surface area contributed by atoms with E-state index in [2.05, 4.69) is 0 Å². The smallest absolute Gasteiger partial charge is 0.282 e. The second kappa shape index (κ2) is 5.42. The highest BCUT2D eigenvalue weighted by Crippen LogP contribution is 2.25. The van der Waals surface area contributed by atoms with E-state index in [4.69, 9.17) is 10.5 Å². The van der Waals surface area contributed by atoms with E-state index in [-0.39, 0.29) is 18.2 Å². The Labute approximate surface area is 109 Å². The van der Waals surface area contributed by atoms with Crippen LogP contribution in [0, 0.1) is 0 Å². The van der Waals surface area contributed by atoms with Gasteiger partial charge < -0.3 is 10.5 Å². The summed E-state index contributed by atoms with van der Waals surface area (Å²) in [5.41, 5.74) is 5.66. The molecule has 18 heavy (non-hydrogen) atoms. The van der Waals surface area contributed by atoms with Crippen LogP contribution < -0.4 is 5.73 Å². The zero-order chi connectivity index (χ0) is 13.3. The van der Waals surface area contributed by atoms with Crippen molar-refractivity contribution in [3.63, 3.8) is 0 Å². The highest BCUT2D eigenvalue weighted by Gasteiger charge is 2.40. The molecule has 0 aromatic heterocycles. The second-order valence-electron chi connectivity index (χ2n) is 5.22. The molecule has 0 aromatic rings. The molecule has 3 atom stereocenters. The van der Waals surface area contributed by atoms with Gasteiger partial charge in [0, 0.05) is 32.2 Å². The molecule has 2 saturated heterocycles. The molecule has 0 aliphatic carbocycles. The van der Waals surface area contributed by atoms with Gasteiger partial charge in [0.05, 0.1) is 12.2 Å². The van der Waals surface area contributed by atoms with E-state index in [1.807, 2.05) is 13.8 Å². The average molecular weight is 277 g/mol. The topological polar surface area (TPSA) is 75.9 Å². The first-order valence-corrected chi connectivity index (χ1v) is 7.97. The van der Waals surface area contributed by atoms with Gasteiger partial charge in [-0.2, -0.15) is 17.0 Å². The highest BCUT2D eigenvalue weighted by molar-refractivity contribution is 7.86. The molecule has 2 rings (SSSR count). The van der Waals surface area contributed by atoms with E-state index >= 15 is 0 Å². The maximum atomic E-state index is 12.6. The summed E-state index contributed by atoms with van der Waals surface area (Å²) >= 11 is 0. The first-order valence-electron chi connectivity index (χ1n) is 6.57.